The Morgan fingerprint density at radius 2 is 1.73 bits per heavy atom. The predicted octanol–water partition coefficient (Wildman–Crippen LogP) is 6.24. The Labute approximate surface area is 210 Å². The van der Waals surface area contributed by atoms with Crippen LogP contribution in [0.15, 0.2) is 42.7 Å². The van der Waals surface area contributed by atoms with E-state index in [4.69, 9.17) is 4.74 Å². The lowest BCUT2D eigenvalue weighted by atomic mass is 9.85. The highest BCUT2D eigenvalue weighted by molar-refractivity contribution is 5.68. The van der Waals surface area contributed by atoms with Gasteiger partial charge in [-0.15, -0.1) is 0 Å². The number of pyridine rings is 1. The molecular weight excluding hydrogens is 504 g/mol. The molecule has 0 bridgehead atoms. The summed E-state index contributed by atoms with van der Waals surface area (Å²) in [6.07, 6.45) is -11.4. The van der Waals surface area contributed by atoms with E-state index in [1.165, 1.54) is 0 Å². The molecule has 1 spiro atoms. The number of hydrogen-bond acceptors (Lipinski definition) is 5. The number of hydrogen-bond donors (Lipinski definition) is 0. The van der Waals surface area contributed by atoms with Crippen LogP contribution < -0.4 is 4.74 Å². The van der Waals surface area contributed by atoms with Crippen LogP contribution in [-0.4, -0.2) is 64.5 Å². The van der Waals surface area contributed by atoms with E-state index in [9.17, 15) is 31.1 Å². The van der Waals surface area contributed by atoms with Crippen LogP contribution in [0, 0.1) is 6.92 Å². The van der Waals surface area contributed by atoms with Gasteiger partial charge in [-0.05, 0) is 74.5 Å². The van der Waals surface area contributed by atoms with E-state index in [0.717, 1.165) is 35.4 Å². The molecule has 6 nitrogen and oxygen atoms in total. The van der Waals surface area contributed by atoms with Crippen molar-refractivity contribution in [2.75, 3.05) is 19.6 Å². The highest BCUT2D eigenvalue weighted by atomic mass is 19.4. The quantitative estimate of drug-likeness (QED) is 0.428. The van der Waals surface area contributed by atoms with Gasteiger partial charge in [-0.25, -0.2) is 4.79 Å². The van der Waals surface area contributed by atoms with Crippen LogP contribution in [0.2, 0.25) is 0 Å². The van der Waals surface area contributed by atoms with Gasteiger partial charge in [0.25, 0.3) is 6.10 Å². The fraction of sp³-hybridized carbons (Fsp3) is 0.520. The van der Waals surface area contributed by atoms with Gasteiger partial charge in [0.15, 0.2) is 0 Å². The molecule has 1 aromatic carbocycles. The maximum absolute atomic E-state index is 12.8. The molecular formula is C25H27F6N3O3. The Balaban J connectivity index is 1.40. The van der Waals surface area contributed by atoms with Crippen molar-refractivity contribution in [1.29, 1.82) is 0 Å². The molecule has 202 valence electrons. The zero-order valence-electron chi connectivity index (χ0n) is 20.1. The normalized spacial score (nSPS) is 18.4. The molecule has 0 aliphatic carbocycles. The summed E-state index contributed by atoms with van der Waals surface area (Å²) >= 11 is 0. The first-order valence-corrected chi connectivity index (χ1v) is 11.9. The van der Waals surface area contributed by atoms with Crippen molar-refractivity contribution >= 4 is 6.09 Å². The molecule has 2 saturated heterocycles. The van der Waals surface area contributed by atoms with Gasteiger partial charge >= 0.3 is 18.4 Å². The average molecular weight is 531 g/mol. The number of carbonyl (C=O) groups is 1. The van der Waals surface area contributed by atoms with E-state index < -0.39 is 24.5 Å². The first-order valence-electron chi connectivity index (χ1n) is 11.9. The highest BCUT2D eigenvalue weighted by Gasteiger charge is 2.60. The van der Waals surface area contributed by atoms with Gasteiger partial charge < -0.3 is 14.4 Å². The van der Waals surface area contributed by atoms with E-state index in [2.05, 4.69) is 14.6 Å². The van der Waals surface area contributed by atoms with Crippen molar-refractivity contribution < 1.29 is 40.6 Å². The Kier molecular flexibility index (Phi) is 7.59. The Morgan fingerprint density at radius 1 is 1.03 bits per heavy atom. The number of ether oxygens (including phenoxy) is 2. The molecule has 1 amide bonds. The number of aryl methyl sites for hydroxylation is 1. The van der Waals surface area contributed by atoms with Crippen molar-refractivity contribution in [3.05, 3.63) is 53.9 Å². The van der Waals surface area contributed by atoms with Gasteiger partial charge in [0, 0.05) is 31.4 Å². The fourth-order valence-corrected chi connectivity index (χ4v) is 5.15. The van der Waals surface area contributed by atoms with E-state index in [1.807, 2.05) is 25.1 Å². The minimum Gasteiger partial charge on any atom is -0.456 e. The second-order valence-corrected chi connectivity index (χ2v) is 9.53. The third-order valence-corrected chi connectivity index (χ3v) is 6.86. The number of benzene rings is 1. The maximum atomic E-state index is 12.8. The number of piperidine rings is 1. The molecule has 0 N–H and O–H groups in total. The molecule has 3 heterocycles. The number of halogens is 6. The molecule has 2 aromatic rings. The zero-order chi connectivity index (χ0) is 26.8. The second kappa shape index (κ2) is 10.4. The number of likely N-dealkylation sites (tertiary alicyclic amines) is 2. The molecule has 2 aliphatic rings. The summed E-state index contributed by atoms with van der Waals surface area (Å²) in [6.45, 7) is 3.38. The smallest absolute Gasteiger partial charge is 0.434 e. The largest absolute Gasteiger partial charge is 0.456 e. The summed E-state index contributed by atoms with van der Waals surface area (Å²) in [7, 11) is 0. The average Bonchev–Trinajstić information content (AvgIpc) is 3.17. The number of aromatic nitrogens is 1. The number of carbonyl (C=O) groups excluding carboxylic acids is 1. The van der Waals surface area contributed by atoms with Crippen molar-refractivity contribution in [3.63, 3.8) is 0 Å². The van der Waals surface area contributed by atoms with Crippen LogP contribution in [-0.2, 0) is 11.3 Å². The number of rotatable bonds is 5. The van der Waals surface area contributed by atoms with Crippen LogP contribution in [0.3, 0.4) is 0 Å². The summed E-state index contributed by atoms with van der Waals surface area (Å²) in [5.41, 5.74) is 1.73. The van der Waals surface area contributed by atoms with Crippen molar-refractivity contribution in [2.24, 2.45) is 0 Å². The monoisotopic (exact) mass is 531 g/mol. The van der Waals surface area contributed by atoms with Crippen LogP contribution >= 0.6 is 0 Å². The fourth-order valence-electron chi connectivity index (χ4n) is 5.15. The molecule has 1 aromatic heterocycles. The lowest BCUT2D eigenvalue weighted by Gasteiger charge is -2.45. The van der Waals surface area contributed by atoms with Crippen LogP contribution in [0.5, 0.6) is 11.5 Å². The highest BCUT2D eigenvalue weighted by Crippen LogP contribution is 2.41. The van der Waals surface area contributed by atoms with Gasteiger partial charge in [-0.2, -0.15) is 26.3 Å². The molecule has 0 saturated carbocycles. The molecule has 12 heteroatoms. The summed E-state index contributed by atoms with van der Waals surface area (Å²) in [5, 5.41) is 0. The summed E-state index contributed by atoms with van der Waals surface area (Å²) in [5.74, 6) is 1.27. The summed E-state index contributed by atoms with van der Waals surface area (Å²) in [6, 6.07) is 9.47. The van der Waals surface area contributed by atoms with Crippen LogP contribution in [0.1, 0.15) is 36.8 Å². The Hall–Kier alpha value is -3.02. The van der Waals surface area contributed by atoms with Gasteiger partial charge in [-0.3, -0.25) is 9.88 Å². The van der Waals surface area contributed by atoms with E-state index in [1.54, 1.807) is 24.5 Å². The topological polar surface area (TPSA) is 54.9 Å². The SMILES string of the molecule is Cc1cc(CN2CCCC23CCN(C(=O)OC(C(F)(F)F)C(F)(F)F)CC3)cc(Oc2cccnc2)c1. The van der Waals surface area contributed by atoms with E-state index >= 15 is 0 Å². The molecule has 2 fully saturated rings. The van der Waals surface area contributed by atoms with E-state index in [0.29, 0.717) is 30.9 Å². The minimum atomic E-state index is -5.74. The Morgan fingerprint density at radius 3 is 2.35 bits per heavy atom. The third-order valence-electron chi connectivity index (χ3n) is 6.86. The van der Waals surface area contributed by atoms with Crippen molar-refractivity contribution in [3.8, 4) is 11.5 Å². The molecule has 37 heavy (non-hydrogen) atoms. The first kappa shape index (κ1) is 27.0. The molecule has 4 rings (SSSR count). The number of alkyl halides is 6. The lowest BCUT2D eigenvalue weighted by molar-refractivity contribution is -0.308. The number of nitrogens with zero attached hydrogens (tertiary/aromatic N) is 3. The first-order chi connectivity index (χ1) is 17.4. The van der Waals surface area contributed by atoms with Crippen LogP contribution in [0.4, 0.5) is 31.1 Å². The molecule has 0 radical (unpaired) electrons. The van der Waals surface area contributed by atoms with E-state index in [-0.39, 0.29) is 18.6 Å². The molecule has 2 aliphatic heterocycles. The van der Waals surface area contributed by atoms with Gasteiger partial charge in [-0.1, -0.05) is 6.07 Å². The minimum absolute atomic E-state index is 0.0148. The summed E-state index contributed by atoms with van der Waals surface area (Å²) < 4.78 is 86.5. The van der Waals surface area contributed by atoms with Crippen LogP contribution in [0.25, 0.3) is 0 Å². The van der Waals surface area contributed by atoms with Gasteiger partial charge in [0.05, 0.1) is 6.20 Å². The zero-order valence-corrected chi connectivity index (χ0v) is 20.1. The second-order valence-electron chi connectivity index (χ2n) is 9.53. The maximum Gasteiger partial charge on any atom is 0.434 e. The lowest BCUT2D eigenvalue weighted by Crippen LogP contribution is -2.54. The van der Waals surface area contributed by atoms with Crippen molar-refractivity contribution in [2.45, 2.75) is 63.1 Å². The predicted molar refractivity (Wildman–Crippen MR) is 121 cm³/mol. The van der Waals surface area contributed by atoms with Crippen molar-refractivity contribution in [1.82, 2.24) is 14.8 Å². The number of amides is 1. The summed E-state index contributed by atoms with van der Waals surface area (Å²) in [4.78, 5) is 19.4. The Bertz CT molecular complexity index is 1070. The standard InChI is InChI=1S/C25H27F6N3O3/c1-17-12-18(14-20(13-17)36-19-4-2-8-32-15-19)16-34-9-3-5-23(34)6-10-33(11-7-23)22(35)37-21(24(26,27)28)25(29,30)31/h2,4,8,12-15,21H,3,5-7,9-11,16H2,1H3. The van der Waals surface area contributed by atoms with Gasteiger partial charge in [0.2, 0.25) is 0 Å². The van der Waals surface area contributed by atoms with Gasteiger partial charge in [0.1, 0.15) is 11.5 Å². The molecule has 0 atom stereocenters. The molecule has 0 unspecified atom stereocenters. The third kappa shape index (κ3) is 6.46.